The monoisotopic (exact) mass is 344 g/mol. The summed E-state index contributed by atoms with van der Waals surface area (Å²) in [6, 6.07) is 13.5. The van der Waals surface area contributed by atoms with E-state index in [1.54, 1.807) is 12.1 Å². The number of hydrogen-bond donors (Lipinski definition) is 2. The molecule has 0 aromatic heterocycles. The van der Waals surface area contributed by atoms with Gasteiger partial charge < -0.3 is 15.4 Å². The second-order valence-corrected chi connectivity index (χ2v) is 6.28. The summed E-state index contributed by atoms with van der Waals surface area (Å²) in [6.07, 6.45) is 0.0199. The molecular weight excluding hydrogens is 324 g/mol. The highest BCUT2D eigenvalue weighted by atomic mass is 35.5. The fourth-order valence-corrected chi connectivity index (χ4v) is 2.96. The Morgan fingerprint density at radius 3 is 2.83 bits per heavy atom. The molecule has 0 saturated carbocycles. The van der Waals surface area contributed by atoms with Crippen LogP contribution in [0.3, 0.4) is 0 Å². The Morgan fingerprint density at radius 1 is 1.25 bits per heavy atom. The quantitative estimate of drug-likeness (QED) is 0.844. The average Bonchev–Trinajstić information content (AvgIpc) is 3.06. The molecule has 126 valence electrons. The van der Waals surface area contributed by atoms with E-state index in [0.29, 0.717) is 23.7 Å². The van der Waals surface area contributed by atoms with Crippen molar-refractivity contribution in [3.05, 3.63) is 64.2 Å². The van der Waals surface area contributed by atoms with E-state index in [2.05, 4.69) is 28.8 Å². The number of benzene rings is 2. The van der Waals surface area contributed by atoms with Gasteiger partial charge in [-0.05, 0) is 35.2 Å². The van der Waals surface area contributed by atoms with Gasteiger partial charge in [0.2, 0.25) is 0 Å². The number of halogens is 1. The van der Waals surface area contributed by atoms with Crippen LogP contribution in [0, 0.1) is 0 Å². The van der Waals surface area contributed by atoms with Crippen LogP contribution in [0.2, 0.25) is 5.02 Å². The minimum absolute atomic E-state index is 0.129. The van der Waals surface area contributed by atoms with Crippen LogP contribution in [0.4, 0.5) is 0 Å². The molecule has 0 spiro atoms. The molecule has 24 heavy (non-hydrogen) atoms. The summed E-state index contributed by atoms with van der Waals surface area (Å²) in [5.41, 5.74) is 3.73. The van der Waals surface area contributed by atoms with E-state index in [9.17, 15) is 4.79 Å². The van der Waals surface area contributed by atoms with Crippen molar-refractivity contribution in [2.45, 2.75) is 39.1 Å². The van der Waals surface area contributed by atoms with Gasteiger partial charge in [-0.15, -0.1) is 0 Å². The molecule has 2 aromatic carbocycles. The zero-order chi connectivity index (χ0) is 16.9. The smallest absolute Gasteiger partial charge is 0.261 e. The van der Waals surface area contributed by atoms with Gasteiger partial charge in [-0.1, -0.05) is 48.9 Å². The first-order valence-corrected chi connectivity index (χ1v) is 8.55. The minimum atomic E-state index is -0.555. The van der Waals surface area contributed by atoms with Crippen molar-refractivity contribution < 1.29 is 9.53 Å². The number of carbonyl (C=O) groups excluding carboxylic acids is 1. The number of fused-ring (bicyclic) bond motifs is 1. The van der Waals surface area contributed by atoms with Gasteiger partial charge in [0.15, 0.2) is 6.10 Å². The van der Waals surface area contributed by atoms with Gasteiger partial charge in [-0.25, -0.2) is 0 Å². The number of ether oxygens (including phenoxy) is 1. The van der Waals surface area contributed by atoms with Gasteiger partial charge in [0, 0.05) is 19.6 Å². The summed E-state index contributed by atoms with van der Waals surface area (Å²) in [5.74, 6) is 0.404. The summed E-state index contributed by atoms with van der Waals surface area (Å²) in [5, 5.41) is 6.78. The topological polar surface area (TPSA) is 50.4 Å². The normalized spacial score (nSPS) is 14.1. The molecule has 0 bridgehead atoms. The molecule has 0 radical (unpaired) electrons. The van der Waals surface area contributed by atoms with Gasteiger partial charge in [0.25, 0.3) is 5.91 Å². The van der Waals surface area contributed by atoms with Crippen LogP contribution in [0.5, 0.6) is 5.75 Å². The SMILES string of the molecule is CCC(Oc1ccccc1Cl)C(=O)NCc1ccc2c(c1)CNC2. The van der Waals surface area contributed by atoms with Crippen molar-refractivity contribution in [1.29, 1.82) is 0 Å². The van der Waals surface area contributed by atoms with Crippen LogP contribution < -0.4 is 15.4 Å². The maximum absolute atomic E-state index is 12.4. The molecule has 3 rings (SSSR count). The molecule has 1 amide bonds. The molecule has 2 N–H and O–H groups in total. The first kappa shape index (κ1) is 16.8. The number of rotatable bonds is 6. The third kappa shape index (κ3) is 3.89. The summed E-state index contributed by atoms with van der Waals surface area (Å²) in [6.45, 7) is 4.23. The summed E-state index contributed by atoms with van der Waals surface area (Å²) < 4.78 is 5.76. The number of amides is 1. The summed E-state index contributed by atoms with van der Waals surface area (Å²) in [7, 11) is 0. The van der Waals surface area contributed by atoms with E-state index >= 15 is 0 Å². The van der Waals surface area contributed by atoms with Crippen molar-refractivity contribution in [2.75, 3.05) is 0 Å². The van der Waals surface area contributed by atoms with Crippen LogP contribution in [0.1, 0.15) is 30.0 Å². The lowest BCUT2D eigenvalue weighted by Gasteiger charge is -2.18. The van der Waals surface area contributed by atoms with Crippen molar-refractivity contribution >= 4 is 17.5 Å². The van der Waals surface area contributed by atoms with Gasteiger partial charge in [0.05, 0.1) is 5.02 Å². The Labute approximate surface area is 147 Å². The first-order valence-electron chi connectivity index (χ1n) is 8.17. The van der Waals surface area contributed by atoms with E-state index < -0.39 is 6.10 Å². The average molecular weight is 345 g/mol. The van der Waals surface area contributed by atoms with Crippen LogP contribution in [0.25, 0.3) is 0 Å². The van der Waals surface area contributed by atoms with E-state index in [1.807, 2.05) is 19.1 Å². The molecule has 1 aliphatic rings. The highest BCUT2D eigenvalue weighted by molar-refractivity contribution is 6.32. The zero-order valence-electron chi connectivity index (χ0n) is 13.6. The molecule has 0 fully saturated rings. The van der Waals surface area contributed by atoms with Crippen LogP contribution >= 0.6 is 11.6 Å². The Kier molecular flexibility index (Phi) is 5.38. The Hall–Kier alpha value is -2.04. The number of nitrogens with one attached hydrogen (secondary N) is 2. The highest BCUT2D eigenvalue weighted by Gasteiger charge is 2.19. The molecular formula is C19H21ClN2O2. The molecule has 2 aromatic rings. The molecule has 0 saturated heterocycles. The number of hydrogen-bond acceptors (Lipinski definition) is 3. The molecule has 1 atom stereocenters. The summed E-state index contributed by atoms with van der Waals surface area (Å²) >= 11 is 6.09. The lowest BCUT2D eigenvalue weighted by Crippen LogP contribution is -2.37. The number of para-hydroxylation sites is 1. The highest BCUT2D eigenvalue weighted by Crippen LogP contribution is 2.25. The maximum Gasteiger partial charge on any atom is 0.261 e. The van der Waals surface area contributed by atoms with Gasteiger partial charge in [-0.2, -0.15) is 0 Å². The lowest BCUT2D eigenvalue weighted by atomic mass is 10.1. The van der Waals surface area contributed by atoms with Crippen molar-refractivity contribution in [3.63, 3.8) is 0 Å². The van der Waals surface area contributed by atoms with Crippen LogP contribution in [-0.4, -0.2) is 12.0 Å². The van der Waals surface area contributed by atoms with Gasteiger partial charge in [-0.3, -0.25) is 4.79 Å². The standard InChI is InChI=1S/C19H21ClN2O2/c1-2-17(24-18-6-4-3-5-16(18)20)19(23)22-10-13-7-8-14-11-21-12-15(14)9-13/h3-9,17,21H,2,10-12H2,1H3,(H,22,23). The molecule has 1 heterocycles. The summed E-state index contributed by atoms with van der Waals surface area (Å²) in [4.78, 5) is 12.4. The fourth-order valence-electron chi connectivity index (χ4n) is 2.78. The van der Waals surface area contributed by atoms with Crippen LogP contribution in [0.15, 0.2) is 42.5 Å². The third-order valence-corrected chi connectivity index (χ3v) is 4.45. The van der Waals surface area contributed by atoms with Gasteiger partial charge in [0.1, 0.15) is 5.75 Å². The second-order valence-electron chi connectivity index (χ2n) is 5.87. The van der Waals surface area contributed by atoms with Crippen molar-refractivity contribution in [2.24, 2.45) is 0 Å². The van der Waals surface area contributed by atoms with E-state index in [1.165, 1.54) is 11.1 Å². The fraction of sp³-hybridized carbons (Fsp3) is 0.316. The second kappa shape index (κ2) is 7.69. The predicted molar refractivity (Wildman–Crippen MR) is 95.0 cm³/mol. The minimum Gasteiger partial charge on any atom is -0.479 e. The largest absolute Gasteiger partial charge is 0.479 e. The third-order valence-electron chi connectivity index (χ3n) is 4.14. The maximum atomic E-state index is 12.4. The molecule has 5 heteroatoms. The molecule has 1 unspecified atom stereocenters. The lowest BCUT2D eigenvalue weighted by molar-refractivity contribution is -0.128. The Bertz CT molecular complexity index is 733. The van der Waals surface area contributed by atoms with E-state index in [4.69, 9.17) is 16.3 Å². The Morgan fingerprint density at radius 2 is 2.04 bits per heavy atom. The molecule has 1 aliphatic heterocycles. The first-order chi connectivity index (χ1) is 11.7. The number of carbonyl (C=O) groups is 1. The van der Waals surface area contributed by atoms with E-state index in [-0.39, 0.29) is 5.91 Å². The molecule has 0 aliphatic carbocycles. The van der Waals surface area contributed by atoms with Crippen LogP contribution in [-0.2, 0) is 24.4 Å². The predicted octanol–water partition coefficient (Wildman–Crippen LogP) is 3.42. The van der Waals surface area contributed by atoms with E-state index in [0.717, 1.165) is 18.7 Å². The van der Waals surface area contributed by atoms with Gasteiger partial charge >= 0.3 is 0 Å². The zero-order valence-corrected chi connectivity index (χ0v) is 14.4. The Balaban J connectivity index is 1.59. The molecule has 4 nitrogen and oxygen atoms in total. The van der Waals surface area contributed by atoms with Crippen molar-refractivity contribution in [3.8, 4) is 5.75 Å². The van der Waals surface area contributed by atoms with Crippen molar-refractivity contribution in [1.82, 2.24) is 10.6 Å².